The van der Waals surface area contributed by atoms with E-state index in [0.29, 0.717) is 28.4 Å². The van der Waals surface area contributed by atoms with E-state index in [1.165, 1.54) is 0 Å². The van der Waals surface area contributed by atoms with Gasteiger partial charge < -0.3 is 21.5 Å². The number of anilines is 3. The number of nitrogen functional groups attached to an aromatic ring is 2. The Kier molecular flexibility index (Phi) is 5.31. The van der Waals surface area contributed by atoms with Crippen LogP contribution in [0.15, 0.2) is 58.0 Å². The first-order chi connectivity index (χ1) is 15.0. The Labute approximate surface area is 186 Å². The van der Waals surface area contributed by atoms with Crippen molar-refractivity contribution >= 4 is 39.2 Å². The van der Waals surface area contributed by atoms with Crippen LogP contribution in [0.5, 0.6) is 11.5 Å². The molecular weight excluding hydrogens is 460 g/mol. The summed E-state index contributed by atoms with van der Waals surface area (Å²) in [6.45, 7) is 0. The van der Waals surface area contributed by atoms with Crippen molar-refractivity contribution in [3.8, 4) is 23.8 Å². The fraction of sp³-hybridized carbons (Fsp3) is 0.0476. The van der Waals surface area contributed by atoms with Crippen LogP contribution in [0, 0.1) is 22.8 Å². The predicted octanol–water partition coefficient (Wildman–Crippen LogP) is 3.61. The van der Waals surface area contributed by atoms with Crippen LogP contribution in [0.3, 0.4) is 0 Å². The van der Waals surface area contributed by atoms with Gasteiger partial charge in [0.25, 0.3) is 0 Å². The number of nitrogens with one attached hydrogen (secondary N) is 2. The summed E-state index contributed by atoms with van der Waals surface area (Å²) in [5, 5.41) is 23.9. The highest BCUT2D eigenvalue weighted by Crippen LogP contribution is 2.43. The van der Waals surface area contributed by atoms with Gasteiger partial charge in [-0.2, -0.15) is 10.5 Å². The number of fused-ring (bicyclic) bond motifs is 1. The van der Waals surface area contributed by atoms with Gasteiger partial charge in [-0.25, -0.2) is 9.98 Å². The molecule has 1 unspecified atom stereocenters. The Morgan fingerprint density at radius 1 is 1.10 bits per heavy atom. The normalized spacial score (nSPS) is 14.3. The number of hydrogen-bond donors (Lipinski definition) is 4. The number of nitrogens with zero attached hydrogens (tertiary/aromatic N) is 4. The van der Waals surface area contributed by atoms with E-state index in [1.807, 2.05) is 54.7 Å². The van der Waals surface area contributed by atoms with E-state index in [2.05, 4.69) is 36.5 Å². The highest BCUT2D eigenvalue weighted by Gasteiger charge is 2.31. The second-order valence-electron chi connectivity index (χ2n) is 6.50. The predicted molar refractivity (Wildman–Crippen MR) is 120 cm³/mol. The Morgan fingerprint density at radius 2 is 1.84 bits per heavy atom. The number of halogens is 1. The first-order valence-electron chi connectivity index (χ1n) is 9.03. The molecule has 2 aromatic carbocycles. The van der Waals surface area contributed by atoms with Crippen LogP contribution in [0.1, 0.15) is 22.7 Å². The Balaban J connectivity index is 1.87. The van der Waals surface area contributed by atoms with E-state index in [-0.39, 0.29) is 23.0 Å². The average Bonchev–Trinajstić information content (AvgIpc) is 2.75. The summed E-state index contributed by atoms with van der Waals surface area (Å²) < 4.78 is 7.03. The van der Waals surface area contributed by atoms with Crippen LogP contribution in [-0.2, 0) is 0 Å². The van der Waals surface area contributed by atoms with E-state index in [4.69, 9.17) is 21.5 Å². The molecule has 1 aliphatic heterocycles. The highest BCUT2D eigenvalue weighted by atomic mass is 79.9. The van der Waals surface area contributed by atoms with Crippen molar-refractivity contribution in [3.05, 3.63) is 69.7 Å². The first kappa shape index (κ1) is 20.0. The van der Waals surface area contributed by atoms with E-state index in [9.17, 15) is 5.26 Å². The zero-order chi connectivity index (χ0) is 22.0. The van der Waals surface area contributed by atoms with Crippen molar-refractivity contribution in [1.82, 2.24) is 10.3 Å². The lowest BCUT2D eigenvalue weighted by molar-refractivity contribution is 0.473. The summed E-state index contributed by atoms with van der Waals surface area (Å²) in [5.74, 6) is 1.64. The maximum Gasteiger partial charge on any atom is 0.211 e. The lowest BCUT2D eigenvalue weighted by Gasteiger charge is -2.27. The standard InChI is InChI=1S/C21H15BrN8O/c22-11-5-7-12(8-6-11)31-15-4-2-1-3-13(15)18-16-17(25)14(9-23)19(26)29-20(16)30-21(28-18)27-10-24/h1-8,18H,(H6,25,26,27,28,29,30). The highest BCUT2D eigenvalue weighted by molar-refractivity contribution is 9.10. The van der Waals surface area contributed by atoms with E-state index < -0.39 is 6.04 Å². The van der Waals surface area contributed by atoms with Gasteiger partial charge in [-0.15, -0.1) is 0 Å². The molecule has 152 valence electrons. The number of ether oxygens (including phenoxy) is 1. The van der Waals surface area contributed by atoms with Crippen molar-refractivity contribution in [2.24, 2.45) is 4.99 Å². The van der Waals surface area contributed by atoms with Gasteiger partial charge in [0, 0.05) is 15.6 Å². The summed E-state index contributed by atoms with van der Waals surface area (Å²) in [6.07, 6.45) is 1.83. The maximum atomic E-state index is 9.48. The zero-order valence-electron chi connectivity index (χ0n) is 15.9. The number of nitriles is 2. The third-order valence-corrected chi connectivity index (χ3v) is 5.14. The molecular formula is C21H15BrN8O. The molecule has 1 atom stereocenters. The molecule has 4 rings (SSSR count). The molecule has 0 amide bonds. The molecule has 0 saturated carbocycles. The van der Waals surface area contributed by atoms with Crippen molar-refractivity contribution in [1.29, 1.82) is 10.5 Å². The molecule has 0 saturated heterocycles. The van der Waals surface area contributed by atoms with Gasteiger partial charge in [0.1, 0.15) is 40.8 Å². The van der Waals surface area contributed by atoms with Crippen molar-refractivity contribution in [2.75, 3.05) is 16.8 Å². The lowest BCUT2D eigenvalue weighted by Crippen LogP contribution is -2.32. The minimum atomic E-state index is -0.695. The summed E-state index contributed by atoms with van der Waals surface area (Å²) in [5.41, 5.74) is 13.6. The summed E-state index contributed by atoms with van der Waals surface area (Å²) in [4.78, 5) is 8.84. The van der Waals surface area contributed by atoms with Crippen LogP contribution in [0.2, 0.25) is 0 Å². The van der Waals surface area contributed by atoms with Gasteiger partial charge in [0.2, 0.25) is 5.96 Å². The molecule has 10 heteroatoms. The number of benzene rings is 2. The molecule has 31 heavy (non-hydrogen) atoms. The third kappa shape index (κ3) is 3.80. The van der Waals surface area contributed by atoms with Crippen LogP contribution in [0.4, 0.5) is 17.3 Å². The summed E-state index contributed by atoms with van der Waals surface area (Å²) in [6, 6.07) is 16.0. The molecule has 0 fully saturated rings. The molecule has 1 aromatic heterocycles. The zero-order valence-corrected chi connectivity index (χ0v) is 17.5. The Hall–Kier alpha value is -4.28. The number of para-hydroxylation sites is 1. The lowest BCUT2D eigenvalue weighted by atomic mass is 9.94. The summed E-state index contributed by atoms with van der Waals surface area (Å²) >= 11 is 3.40. The van der Waals surface area contributed by atoms with Crippen molar-refractivity contribution in [2.45, 2.75) is 6.04 Å². The molecule has 6 N–H and O–H groups in total. The molecule has 9 nitrogen and oxygen atoms in total. The average molecular weight is 475 g/mol. The van der Waals surface area contributed by atoms with E-state index in [1.54, 1.807) is 6.07 Å². The second-order valence-corrected chi connectivity index (χ2v) is 7.41. The number of aliphatic imine (C=N–C) groups is 1. The van der Waals surface area contributed by atoms with Crippen LogP contribution < -0.4 is 26.8 Å². The molecule has 0 radical (unpaired) electrons. The van der Waals surface area contributed by atoms with Gasteiger partial charge in [-0.05, 0) is 30.3 Å². The molecule has 1 aliphatic rings. The smallest absolute Gasteiger partial charge is 0.211 e. The molecule has 0 spiro atoms. The van der Waals surface area contributed by atoms with Crippen molar-refractivity contribution in [3.63, 3.8) is 0 Å². The number of aromatic nitrogens is 1. The number of hydrogen-bond acceptors (Lipinski definition) is 9. The number of rotatable bonds is 3. The first-order valence-corrected chi connectivity index (χ1v) is 9.82. The Bertz CT molecular complexity index is 1270. The fourth-order valence-electron chi connectivity index (χ4n) is 3.23. The largest absolute Gasteiger partial charge is 0.457 e. The number of guanidine groups is 1. The third-order valence-electron chi connectivity index (χ3n) is 4.61. The van der Waals surface area contributed by atoms with Gasteiger partial charge in [-0.3, -0.25) is 5.32 Å². The molecule has 3 aromatic rings. The minimum Gasteiger partial charge on any atom is -0.457 e. The number of pyridine rings is 1. The molecule has 0 bridgehead atoms. The van der Waals surface area contributed by atoms with Gasteiger partial charge in [0.15, 0.2) is 6.19 Å². The minimum absolute atomic E-state index is 0.0115. The monoisotopic (exact) mass is 474 g/mol. The van der Waals surface area contributed by atoms with E-state index in [0.717, 1.165) is 4.47 Å². The second kappa shape index (κ2) is 8.22. The summed E-state index contributed by atoms with van der Waals surface area (Å²) in [7, 11) is 0. The topological polar surface area (TPSA) is 158 Å². The quantitative estimate of drug-likeness (QED) is 0.330. The van der Waals surface area contributed by atoms with Gasteiger partial charge in [0.05, 0.1) is 5.69 Å². The maximum absolute atomic E-state index is 9.48. The van der Waals surface area contributed by atoms with Gasteiger partial charge in [-0.1, -0.05) is 34.1 Å². The Morgan fingerprint density at radius 3 is 2.55 bits per heavy atom. The van der Waals surface area contributed by atoms with Crippen LogP contribution in [-0.4, -0.2) is 10.9 Å². The van der Waals surface area contributed by atoms with Gasteiger partial charge >= 0.3 is 0 Å². The van der Waals surface area contributed by atoms with Crippen LogP contribution in [0.25, 0.3) is 0 Å². The fourth-order valence-corrected chi connectivity index (χ4v) is 3.50. The van der Waals surface area contributed by atoms with Crippen LogP contribution >= 0.6 is 15.9 Å². The number of nitrogens with two attached hydrogens (primary N) is 2. The van der Waals surface area contributed by atoms with Crippen molar-refractivity contribution < 1.29 is 4.74 Å². The van der Waals surface area contributed by atoms with E-state index >= 15 is 0 Å². The molecule has 2 heterocycles. The molecule has 0 aliphatic carbocycles. The SMILES string of the molecule is N#CNC1=NC(c2ccccc2Oc2ccc(Br)cc2)c2c(nc(N)c(C#N)c2N)N1.